The molecule has 0 unspecified atom stereocenters. The van der Waals surface area contributed by atoms with Crippen LogP contribution in [0.4, 0.5) is 5.69 Å². The number of carboxylic acid groups (broad SMARTS) is 1. The Bertz CT molecular complexity index is 450. The van der Waals surface area contributed by atoms with Crippen molar-refractivity contribution in [1.82, 2.24) is 4.98 Å². The molecule has 1 aliphatic carbocycles. The van der Waals surface area contributed by atoms with Gasteiger partial charge in [-0.1, -0.05) is 12.8 Å². The molecule has 96 valence electrons. The summed E-state index contributed by atoms with van der Waals surface area (Å²) < 4.78 is 0. The maximum atomic E-state index is 12.1. The first-order chi connectivity index (χ1) is 8.59. The molecule has 0 bridgehead atoms. The Morgan fingerprint density at radius 3 is 2.50 bits per heavy atom. The smallest absolute Gasteiger partial charge is 0.354 e. The van der Waals surface area contributed by atoms with E-state index in [1.807, 2.05) is 0 Å². The quantitative estimate of drug-likeness (QED) is 0.887. The molecule has 1 fully saturated rings. The largest absolute Gasteiger partial charge is 0.477 e. The zero-order chi connectivity index (χ0) is 13.1. The van der Waals surface area contributed by atoms with Crippen molar-refractivity contribution in [2.45, 2.75) is 25.7 Å². The third kappa shape index (κ3) is 2.50. The molecular formula is C13H16N2O3. The Morgan fingerprint density at radius 2 is 2.00 bits per heavy atom. The Labute approximate surface area is 105 Å². The van der Waals surface area contributed by atoms with Gasteiger partial charge in [-0.3, -0.25) is 4.79 Å². The highest BCUT2D eigenvalue weighted by molar-refractivity contribution is 5.95. The summed E-state index contributed by atoms with van der Waals surface area (Å²) in [7, 11) is 1.71. The van der Waals surface area contributed by atoms with Crippen LogP contribution in [0.5, 0.6) is 0 Å². The SMILES string of the molecule is CN(C(=O)C1CCCC1)c1ccc(C(=O)O)nc1. The van der Waals surface area contributed by atoms with Gasteiger partial charge in [0.15, 0.2) is 0 Å². The molecule has 2 rings (SSSR count). The minimum absolute atomic E-state index is 0.0135. The third-order valence-electron chi connectivity index (χ3n) is 3.39. The molecule has 1 aromatic heterocycles. The monoisotopic (exact) mass is 248 g/mol. The Balaban J connectivity index is 2.10. The Kier molecular flexibility index (Phi) is 3.60. The van der Waals surface area contributed by atoms with Crippen molar-refractivity contribution >= 4 is 17.6 Å². The highest BCUT2D eigenvalue weighted by atomic mass is 16.4. The van der Waals surface area contributed by atoms with E-state index >= 15 is 0 Å². The van der Waals surface area contributed by atoms with Gasteiger partial charge in [0, 0.05) is 13.0 Å². The lowest BCUT2D eigenvalue weighted by Gasteiger charge is -2.20. The number of amides is 1. The van der Waals surface area contributed by atoms with Gasteiger partial charge >= 0.3 is 5.97 Å². The van der Waals surface area contributed by atoms with E-state index in [1.165, 1.54) is 12.3 Å². The number of pyridine rings is 1. The first kappa shape index (κ1) is 12.5. The zero-order valence-corrected chi connectivity index (χ0v) is 10.3. The molecule has 1 amide bonds. The van der Waals surface area contributed by atoms with Gasteiger partial charge in [0.2, 0.25) is 5.91 Å². The summed E-state index contributed by atoms with van der Waals surface area (Å²) >= 11 is 0. The molecule has 5 heteroatoms. The summed E-state index contributed by atoms with van der Waals surface area (Å²) in [4.78, 5) is 28.2. The molecule has 0 radical (unpaired) electrons. The summed E-state index contributed by atoms with van der Waals surface area (Å²) in [6, 6.07) is 3.03. The van der Waals surface area contributed by atoms with Crippen LogP contribution in [0.15, 0.2) is 18.3 Å². The maximum Gasteiger partial charge on any atom is 0.354 e. The first-order valence-electron chi connectivity index (χ1n) is 6.06. The predicted octanol–water partition coefficient (Wildman–Crippen LogP) is 1.93. The molecule has 0 saturated heterocycles. The van der Waals surface area contributed by atoms with Crippen LogP contribution in [-0.4, -0.2) is 29.0 Å². The van der Waals surface area contributed by atoms with Crippen molar-refractivity contribution in [3.05, 3.63) is 24.0 Å². The third-order valence-corrected chi connectivity index (χ3v) is 3.39. The maximum absolute atomic E-state index is 12.1. The lowest BCUT2D eigenvalue weighted by Crippen LogP contribution is -2.31. The lowest BCUT2D eigenvalue weighted by molar-refractivity contribution is -0.121. The van der Waals surface area contributed by atoms with Gasteiger partial charge in [0.1, 0.15) is 5.69 Å². The number of anilines is 1. The number of hydrogen-bond donors (Lipinski definition) is 1. The fourth-order valence-electron chi connectivity index (χ4n) is 2.28. The number of carboxylic acids is 1. The molecule has 18 heavy (non-hydrogen) atoms. The highest BCUT2D eigenvalue weighted by Crippen LogP contribution is 2.27. The molecule has 1 N–H and O–H groups in total. The van der Waals surface area contributed by atoms with E-state index in [-0.39, 0.29) is 17.5 Å². The standard InChI is InChI=1S/C13H16N2O3/c1-15(12(16)9-4-2-3-5-9)10-6-7-11(13(17)18)14-8-10/h6-9H,2-5H2,1H3,(H,17,18). The van der Waals surface area contributed by atoms with Crippen LogP contribution in [0, 0.1) is 5.92 Å². The predicted molar refractivity (Wildman–Crippen MR) is 66.6 cm³/mol. The van der Waals surface area contributed by atoms with Gasteiger partial charge in [-0.2, -0.15) is 0 Å². The Hall–Kier alpha value is -1.91. The normalized spacial score (nSPS) is 15.6. The van der Waals surface area contributed by atoms with Crippen molar-refractivity contribution in [2.75, 3.05) is 11.9 Å². The van der Waals surface area contributed by atoms with Crippen molar-refractivity contribution in [1.29, 1.82) is 0 Å². The van der Waals surface area contributed by atoms with Gasteiger partial charge in [-0.25, -0.2) is 9.78 Å². The number of nitrogens with zero attached hydrogens (tertiary/aromatic N) is 2. The van der Waals surface area contributed by atoms with Crippen LogP contribution >= 0.6 is 0 Å². The van der Waals surface area contributed by atoms with E-state index in [2.05, 4.69) is 4.98 Å². The van der Waals surface area contributed by atoms with Crippen LogP contribution in [0.25, 0.3) is 0 Å². The van der Waals surface area contributed by atoms with E-state index in [0.717, 1.165) is 25.7 Å². The van der Waals surface area contributed by atoms with Gasteiger partial charge in [0.25, 0.3) is 0 Å². The van der Waals surface area contributed by atoms with Crippen molar-refractivity contribution in [3.63, 3.8) is 0 Å². The molecule has 5 nitrogen and oxygen atoms in total. The van der Waals surface area contributed by atoms with E-state index in [0.29, 0.717) is 5.69 Å². The van der Waals surface area contributed by atoms with Crippen molar-refractivity contribution in [3.8, 4) is 0 Å². The highest BCUT2D eigenvalue weighted by Gasteiger charge is 2.26. The number of aromatic nitrogens is 1. The number of hydrogen-bond acceptors (Lipinski definition) is 3. The minimum atomic E-state index is -1.06. The topological polar surface area (TPSA) is 70.5 Å². The first-order valence-corrected chi connectivity index (χ1v) is 6.06. The molecule has 1 saturated carbocycles. The lowest BCUT2D eigenvalue weighted by atomic mass is 10.1. The van der Waals surface area contributed by atoms with E-state index in [1.54, 1.807) is 18.0 Å². The molecule has 0 atom stereocenters. The Morgan fingerprint density at radius 1 is 1.33 bits per heavy atom. The summed E-state index contributed by atoms with van der Waals surface area (Å²) in [6.07, 6.45) is 5.55. The molecular weight excluding hydrogens is 232 g/mol. The van der Waals surface area contributed by atoms with Gasteiger partial charge in [-0.05, 0) is 25.0 Å². The second-order valence-electron chi connectivity index (χ2n) is 4.59. The summed E-state index contributed by atoms with van der Waals surface area (Å²) in [5.41, 5.74) is 0.623. The second-order valence-corrected chi connectivity index (χ2v) is 4.59. The fraction of sp³-hybridized carbons (Fsp3) is 0.462. The molecule has 0 spiro atoms. The van der Waals surface area contributed by atoms with Gasteiger partial charge in [0.05, 0.1) is 11.9 Å². The van der Waals surface area contributed by atoms with Crippen LogP contribution in [0.1, 0.15) is 36.2 Å². The summed E-state index contributed by atoms with van der Waals surface area (Å²) in [6.45, 7) is 0. The summed E-state index contributed by atoms with van der Waals surface area (Å²) in [5, 5.41) is 8.75. The second kappa shape index (κ2) is 5.16. The van der Waals surface area contributed by atoms with Crippen LogP contribution in [0.3, 0.4) is 0 Å². The van der Waals surface area contributed by atoms with Crippen LogP contribution in [0.2, 0.25) is 0 Å². The molecule has 1 aromatic rings. The van der Waals surface area contributed by atoms with Crippen LogP contribution in [-0.2, 0) is 4.79 Å². The van der Waals surface area contributed by atoms with E-state index < -0.39 is 5.97 Å². The zero-order valence-electron chi connectivity index (χ0n) is 10.3. The average molecular weight is 248 g/mol. The van der Waals surface area contributed by atoms with Gasteiger partial charge < -0.3 is 10.0 Å². The van der Waals surface area contributed by atoms with Crippen molar-refractivity contribution < 1.29 is 14.7 Å². The molecule has 0 aliphatic heterocycles. The van der Waals surface area contributed by atoms with Gasteiger partial charge in [-0.15, -0.1) is 0 Å². The number of carbonyl (C=O) groups excluding carboxylic acids is 1. The summed E-state index contributed by atoms with van der Waals surface area (Å²) in [5.74, 6) is -0.863. The number of rotatable bonds is 3. The molecule has 0 aromatic carbocycles. The van der Waals surface area contributed by atoms with Crippen LogP contribution < -0.4 is 4.90 Å². The molecule has 1 aliphatic rings. The molecule has 1 heterocycles. The number of aromatic carboxylic acids is 1. The minimum Gasteiger partial charge on any atom is -0.477 e. The van der Waals surface area contributed by atoms with E-state index in [4.69, 9.17) is 5.11 Å². The number of carbonyl (C=O) groups is 2. The average Bonchev–Trinajstić information content (AvgIpc) is 2.91. The van der Waals surface area contributed by atoms with E-state index in [9.17, 15) is 9.59 Å². The van der Waals surface area contributed by atoms with Crippen molar-refractivity contribution in [2.24, 2.45) is 5.92 Å². The fourth-order valence-corrected chi connectivity index (χ4v) is 2.28.